The van der Waals surface area contributed by atoms with Gasteiger partial charge < -0.3 is 19.7 Å². The minimum Gasteiger partial charge on any atom is -0.393 e. The Morgan fingerprint density at radius 2 is 2.00 bits per heavy atom. The third kappa shape index (κ3) is 4.53. The lowest BCUT2D eigenvalue weighted by Gasteiger charge is -2.22. The molecule has 2 aromatic heterocycles. The summed E-state index contributed by atoms with van der Waals surface area (Å²) in [6, 6.07) is 10.4. The number of aliphatic hydroxyl groups is 1. The van der Waals surface area contributed by atoms with Crippen LogP contribution in [0, 0.1) is 11.8 Å². The molecule has 0 radical (unpaired) electrons. The third-order valence-electron chi connectivity index (χ3n) is 7.08. The molecule has 0 aliphatic heterocycles. The van der Waals surface area contributed by atoms with Crippen LogP contribution in [-0.4, -0.2) is 59.0 Å². The topological polar surface area (TPSA) is 139 Å². The van der Waals surface area contributed by atoms with Crippen LogP contribution in [0.3, 0.4) is 0 Å². The van der Waals surface area contributed by atoms with Crippen LogP contribution in [0.2, 0.25) is 0 Å². The van der Waals surface area contributed by atoms with E-state index >= 15 is 0 Å². The van der Waals surface area contributed by atoms with E-state index in [9.17, 15) is 13.5 Å². The Kier molecular flexibility index (Phi) is 6.30. The number of hydrogen-bond acceptors (Lipinski definition) is 7. The molecule has 0 saturated heterocycles. The Labute approximate surface area is 198 Å². The number of benzene rings is 1. The zero-order chi connectivity index (χ0) is 23.9. The van der Waals surface area contributed by atoms with E-state index in [-0.39, 0.29) is 30.5 Å². The maximum absolute atomic E-state index is 11.0. The summed E-state index contributed by atoms with van der Waals surface area (Å²) in [6.45, 7) is 0.625. The first-order chi connectivity index (χ1) is 16.3. The first kappa shape index (κ1) is 23.2. The van der Waals surface area contributed by atoms with Crippen molar-refractivity contribution in [2.45, 2.75) is 37.5 Å². The summed E-state index contributed by atoms with van der Waals surface area (Å²) in [5, 5.41) is 15.0. The molecule has 11 heteroatoms. The number of rotatable bonds is 8. The molecule has 1 saturated carbocycles. The lowest BCUT2D eigenvalue weighted by Crippen LogP contribution is -2.31. The normalized spacial score (nSPS) is 26.7. The van der Waals surface area contributed by atoms with Crippen LogP contribution in [0.5, 0.6) is 0 Å². The van der Waals surface area contributed by atoms with E-state index in [0.717, 1.165) is 23.3 Å². The molecule has 2 aliphatic carbocycles. The molecule has 2 heterocycles. The van der Waals surface area contributed by atoms with Crippen molar-refractivity contribution in [1.29, 1.82) is 0 Å². The SMILES string of the molecule is COC[C@@H]1Cc2ccccc2[C@@H]1Nc1ncnc2c1ccn2[C@H]1C[C@H](CNS(=O)(=O)O)[C@H](O)C1. The lowest BCUT2D eigenvalue weighted by molar-refractivity contribution is 0.133. The number of nitrogens with one attached hydrogen (secondary N) is 2. The van der Waals surface area contributed by atoms with E-state index in [2.05, 4.69) is 38.2 Å². The fourth-order valence-corrected chi connectivity index (χ4v) is 5.93. The standard InChI is InChI=1S/C23H29N5O5S/c1-33-12-16-8-14-4-2-3-5-18(14)21(16)27-22-19-6-7-28(23(19)25-13-24-22)17-9-15(20(29)10-17)11-26-34(30,31)32/h2-7,13,15-17,20-21,26,29H,8-12H2,1H3,(H,24,25,27)(H,30,31,32)/t15-,16+,17+,20-,21-/m1/s1. The van der Waals surface area contributed by atoms with Crippen LogP contribution in [0.25, 0.3) is 11.0 Å². The van der Waals surface area contributed by atoms with Crippen molar-refractivity contribution < 1.29 is 22.8 Å². The Morgan fingerprint density at radius 3 is 2.79 bits per heavy atom. The second kappa shape index (κ2) is 9.23. The van der Waals surface area contributed by atoms with Crippen LogP contribution in [0.4, 0.5) is 5.82 Å². The molecule has 0 bridgehead atoms. The number of methoxy groups -OCH3 is 1. The summed E-state index contributed by atoms with van der Waals surface area (Å²) in [5.74, 6) is 0.735. The molecule has 1 fully saturated rings. The maximum atomic E-state index is 11.0. The van der Waals surface area contributed by atoms with Gasteiger partial charge in [-0.2, -0.15) is 13.1 Å². The summed E-state index contributed by atoms with van der Waals surface area (Å²) in [4.78, 5) is 9.04. The van der Waals surface area contributed by atoms with Crippen molar-refractivity contribution in [2.24, 2.45) is 11.8 Å². The number of aromatic nitrogens is 3. The second-order valence-electron chi connectivity index (χ2n) is 9.20. The van der Waals surface area contributed by atoms with Gasteiger partial charge in [-0.05, 0) is 36.5 Å². The monoisotopic (exact) mass is 487 g/mol. The third-order valence-corrected chi connectivity index (χ3v) is 7.61. The highest BCUT2D eigenvalue weighted by molar-refractivity contribution is 7.83. The molecular weight excluding hydrogens is 458 g/mol. The first-order valence-corrected chi connectivity index (χ1v) is 12.8. The van der Waals surface area contributed by atoms with Crippen molar-refractivity contribution in [2.75, 3.05) is 25.6 Å². The Hall–Kier alpha value is -2.57. The highest BCUT2D eigenvalue weighted by Crippen LogP contribution is 2.41. The van der Waals surface area contributed by atoms with Crippen molar-refractivity contribution in [3.05, 3.63) is 54.0 Å². The molecule has 5 atom stereocenters. The van der Waals surface area contributed by atoms with Gasteiger partial charge in [0.2, 0.25) is 0 Å². The van der Waals surface area contributed by atoms with Crippen molar-refractivity contribution in [3.8, 4) is 0 Å². The van der Waals surface area contributed by atoms with Crippen molar-refractivity contribution in [1.82, 2.24) is 19.3 Å². The van der Waals surface area contributed by atoms with Gasteiger partial charge in [0.1, 0.15) is 17.8 Å². The Morgan fingerprint density at radius 1 is 1.18 bits per heavy atom. The number of hydrogen-bond donors (Lipinski definition) is 4. The van der Waals surface area contributed by atoms with Gasteiger partial charge in [-0.1, -0.05) is 24.3 Å². The molecule has 4 N–H and O–H groups in total. The summed E-state index contributed by atoms with van der Waals surface area (Å²) in [7, 11) is -2.57. The smallest absolute Gasteiger partial charge is 0.333 e. The van der Waals surface area contributed by atoms with Crippen LogP contribution < -0.4 is 10.0 Å². The number of ether oxygens (including phenoxy) is 1. The Bertz CT molecular complexity index is 1280. The molecule has 10 nitrogen and oxygen atoms in total. The first-order valence-electron chi connectivity index (χ1n) is 11.4. The summed E-state index contributed by atoms with van der Waals surface area (Å²) in [6.07, 6.45) is 4.77. The highest BCUT2D eigenvalue weighted by atomic mass is 32.2. The van der Waals surface area contributed by atoms with Crippen LogP contribution in [0.1, 0.15) is 36.1 Å². The van der Waals surface area contributed by atoms with Crippen molar-refractivity contribution >= 4 is 27.2 Å². The minimum atomic E-state index is -4.29. The lowest BCUT2D eigenvalue weighted by atomic mass is 10.0. The minimum absolute atomic E-state index is 0.0144. The molecule has 0 spiro atoms. The summed E-state index contributed by atoms with van der Waals surface area (Å²) < 4.78 is 40.6. The number of aliphatic hydroxyl groups excluding tert-OH is 1. The van der Waals surface area contributed by atoms with Gasteiger partial charge in [-0.15, -0.1) is 0 Å². The van der Waals surface area contributed by atoms with Gasteiger partial charge in [0.05, 0.1) is 24.1 Å². The fraction of sp³-hybridized carbons (Fsp3) is 0.478. The second-order valence-corrected chi connectivity index (χ2v) is 10.4. The van der Waals surface area contributed by atoms with Gasteiger partial charge in [-0.25, -0.2) is 9.97 Å². The predicted molar refractivity (Wildman–Crippen MR) is 127 cm³/mol. The van der Waals surface area contributed by atoms with Crippen molar-refractivity contribution in [3.63, 3.8) is 0 Å². The molecule has 1 aromatic carbocycles. The van der Waals surface area contributed by atoms with Crippen LogP contribution in [0.15, 0.2) is 42.9 Å². The van der Waals surface area contributed by atoms with E-state index < -0.39 is 16.4 Å². The summed E-state index contributed by atoms with van der Waals surface area (Å²) in [5.41, 5.74) is 3.32. The van der Waals surface area contributed by atoms with Crippen LogP contribution >= 0.6 is 0 Å². The predicted octanol–water partition coefficient (Wildman–Crippen LogP) is 2.11. The average molecular weight is 488 g/mol. The van der Waals surface area contributed by atoms with E-state index in [4.69, 9.17) is 9.29 Å². The zero-order valence-corrected chi connectivity index (χ0v) is 19.6. The highest BCUT2D eigenvalue weighted by Gasteiger charge is 2.36. The Balaban J connectivity index is 1.39. The molecule has 2 aliphatic rings. The zero-order valence-electron chi connectivity index (χ0n) is 18.8. The molecule has 0 amide bonds. The molecule has 182 valence electrons. The maximum Gasteiger partial charge on any atom is 0.333 e. The number of nitrogens with zero attached hydrogens (tertiary/aromatic N) is 3. The van der Waals surface area contributed by atoms with Crippen LogP contribution in [-0.2, 0) is 21.5 Å². The average Bonchev–Trinajstić information content (AvgIpc) is 3.48. The molecule has 34 heavy (non-hydrogen) atoms. The molecule has 0 unspecified atom stereocenters. The fourth-order valence-electron chi connectivity index (χ4n) is 5.50. The van der Waals surface area contributed by atoms with E-state index in [1.54, 1.807) is 7.11 Å². The van der Waals surface area contributed by atoms with Gasteiger partial charge in [0.25, 0.3) is 0 Å². The number of fused-ring (bicyclic) bond motifs is 2. The van der Waals surface area contributed by atoms with Gasteiger partial charge in [0.15, 0.2) is 0 Å². The quantitative estimate of drug-likeness (QED) is 0.355. The van der Waals surface area contributed by atoms with Gasteiger partial charge in [0, 0.05) is 37.7 Å². The summed E-state index contributed by atoms with van der Waals surface area (Å²) >= 11 is 0. The van der Waals surface area contributed by atoms with E-state index in [1.165, 1.54) is 17.5 Å². The molecule has 5 rings (SSSR count). The van der Waals surface area contributed by atoms with E-state index in [0.29, 0.717) is 19.4 Å². The number of anilines is 1. The van der Waals surface area contributed by atoms with Gasteiger partial charge >= 0.3 is 10.3 Å². The molecule has 3 aromatic rings. The van der Waals surface area contributed by atoms with E-state index in [1.807, 2.05) is 22.9 Å². The molecular formula is C23H29N5O5S. The van der Waals surface area contributed by atoms with Gasteiger partial charge in [-0.3, -0.25) is 4.55 Å². The largest absolute Gasteiger partial charge is 0.393 e.